The number of piperidine rings is 1. The van der Waals surface area contributed by atoms with Crippen LogP contribution >= 0.6 is 0 Å². The predicted octanol–water partition coefficient (Wildman–Crippen LogP) is 3.27. The van der Waals surface area contributed by atoms with E-state index in [9.17, 15) is 4.39 Å². The van der Waals surface area contributed by atoms with Crippen molar-refractivity contribution < 1.29 is 13.9 Å². The maximum atomic E-state index is 13.7. The molecule has 3 nitrogen and oxygen atoms in total. The van der Waals surface area contributed by atoms with Gasteiger partial charge >= 0.3 is 0 Å². The highest BCUT2D eigenvalue weighted by Gasteiger charge is 2.31. The molecule has 2 aliphatic rings. The SMILES string of the molecule is COc1ccc(CCCN2CC[C@@H]3OCCC[C@@H]3C2)cc1F. The first-order valence-corrected chi connectivity index (χ1v) is 8.42. The van der Waals surface area contributed by atoms with E-state index in [1.807, 2.05) is 6.07 Å². The number of benzene rings is 1. The third-order valence-electron chi connectivity index (χ3n) is 4.96. The summed E-state index contributed by atoms with van der Waals surface area (Å²) in [6, 6.07) is 5.28. The fourth-order valence-corrected chi connectivity index (χ4v) is 3.74. The summed E-state index contributed by atoms with van der Waals surface area (Å²) in [4.78, 5) is 2.55. The van der Waals surface area contributed by atoms with Gasteiger partial charge in [0.15, 0.2) is 11.6 Å². The van der Waals surface area contributed by atoms with Crippen molar-refractivity contribution in [3.8, 4) is 5.75 Å². The lowest BCUT2D eigenvalue weighted by Crippen LogP contribution is -2.46. The van der Waals surface area contributed by atoms with Crippen molar-refractivity contribution in [3.63, 3.8) is 0 Å². The van der Waals surface area contributed by atoms with Gasteiger partial charge in [-0.1, -0.05) is 6.07 Å². The zero-order valence-electron chi connectivity index (χ0n) is 13.4. The standard InChI is InChI=1S/C18H26FNO2/c1-21-18-7-6-14(12-16(18)19)4-2-9-20-10-8-17-15(13-20)5-3-11-22-17/h6-7,12,15,17H,2-5,8-11,13H2,1H3/t15-,17+/m1/s1. The third-order valence-corrected chi connectivity index (χ3v) is 4.96. The van der Waals surface area contributed by atoms with Gasteiger partial charge in [0, 0.05) is 19.7 Å². The first-order valence-electron chi connectivity index (χ1n) is 8.42. The predicted molar refractivity (Wildman–Crippen MR) is 84.8 cm³/mol. The normalized spacial score (nSPS) is 25.7. The summed E-state index contributed by atoms with van der Waals surface area (Å²) in [5.41, 5.74) is 1.05. The number of aryl methyl sites for hydroxylation is 1. The molecule has 0 aromatic heterocycles. The summed E-state index contributed by atoms with van der Waals surface area (Å²) in [5, 5.41) is 0. The molecule has 0 unspecified atom stereocenters. The molecule has 22 heavy (non-hydrogen) atoms. The molecule has 2 aliphatic heterocycles. The van der Waals surface area contributed by atoms with Gasteiger partial charge in [-0.25, -0.2) is 4.39 Å². The highest BCUT2D eigenvalue weighted by atomic mass is 19.1. The number of fused-ring (bicyclic) bond motifs is 1. The molecule has 2 saturated heterocycles. The van der Waals surface area contributed by atoms with Crippen LogP contribution in [0.5, 0.6) is 5.75 Å². The quantitative estimate of drug-likeness (QED) is 0.833. The number of hydrogen-bond acceptors (Lipinski definition) is 3. The molecule has 1 aromatic rings. The second-order valence-electron chi connectivity index (χ2n) is 6.47. The number of nitrogens with zero attached hydrogens (tertiary/aromatic N) is 1. The van der Waals surface area contributed by atoms with Crippen LogP contribution in [0, 0.1) is 11.7 Å². The van der Waals surface area contributed by atoms with Crippen molar-refractivity contribution in [2.45, 2.75) is 38.2 Å². The van der Waals surface area contributed by atoms with Crippen molar-refractivity contribution in [2.75, 3.05) is 33.4 Å². The van der Waals surface area contributed by atoms with Crippen LogP contribution in [0.4, 0.5) is 4.39 Å². The second kappa shape index (κ2) is 7.42. The van der Waals surface area contributed by atoms with Crippen LogP contribution in [-0.4, -0.2) is 44.4 Å². The smallest absolute Gasteiger partial charge is 0.165 e. The molecule has 4 heteroatoms. The molecule has 122 valence electrons. The number of ether oxygens (including phenoxy) is 2. The maximum absolute atomic E-state index is 13.7. The van der Waals surface area contributed by atoms with Gasteiger partial charge in [-0.05, 0) is 62.3 Å². The summed E-state index contributed by atoms with van der Waals surface area (Å²) >= 11 is 0. The molecule has 0 aliphatic carbocycles. The molecule has 2 heterocycles. The van der Waals surface area contributed by atoms with Crippen molar-refractivity contribution in [1.82, 2.24) is 4.90 Å². The van der Waals surface area contributed by atoms with Gasteiger partial charge in [0.05, 0.1) is 13.2 Å². The van der Waals surface area contributed by atoms with Gasteiger partial charge in [0.2, 0.25) is 0 Å². The van der Waals surface area contributed by atoms with Crippen molar-refractivity contribution in [1.29, 1.82) is 0 Å². The first kappa shape index (κ1) is 15.8. The summed E-state index contributed by atoms with van der Waals surface area (Å²) in [6.45, 7) is 4.35. The van der Waals surface area contributed by atoms with Crippen LogP contribution in [0.15, 0.2) is 18.2 Å². The molecule has 2 atom stereocenters. The fraction of sp³-hybridized carbons (Fsp3) is 0.667. The topological polar surface area (TPSA) is 21.7 Å². The number of likely N-dealkylation sites (tertiary alicyclic amines) is 1. The minimum absolute atomic E-state index is 0.264. The van der Waals surface area contributed by atoms with E-state index in [1.165, 1.54) is 32.9 Å². The Bertz CT molecular complexity index is 494. The van der Waals surface area contributed by atoms with Gasteiger partial charge < -0.3 is 14.4 Å². The van der Waals surface area contributed by atoms with Gasteiger partial charge in [-0.15, -0.1) is 0 Å². The Morgan fingerprint density at radius 2 is 2.27 bits per heavy atom. The summed E-state index contributed by atoms with van der Waals surface area (Å²) in [7, 11) is 1.50. The first-order chi connectivity index (χ1) is 10.8. The molecule has 0 saturated carbocycles. The average Bonchev–Trinajstić information content (AvgIpc) is 2.55. The molecule has 3 rings (SSSR count). The minimum Gasteiger partial charge on any atom is -0.494 e. The highest BCUT2D eigenvalue weighted by molar-refractivity contribution is 5.29. The lowest BCUT2D eigenvalue weighted by molar-refractivity contribution is -0.0661. The largest absolute Gasteiger partial charge is 0.494 e. The lowest BCUT2D eigenvalue weighted by Gasteiger charge is -2.41. The van der Waals surface area contributed by atoms with Crippen LogP contribution in [0.3, 0.4) is 0 Å². The van der Waals surface area contributed by atoms with Crippen LogP contribution in [0.1, 0.15) is 31.2 Å². The number of rotatable bonds is 5. The average molecular weight is 307 g/mol. The second-order valence-corrected chi connectivity index (χ2v) is 6.47. The number of hydrogen-bond donors (Lipinski definition) is 0. The Morgan fingerprint density at radius 3 is 3.09 bits per heavy atom. The van der Waals surface area contributed by atoms with E-state index in [4.69, 9.17) is 9.47 Å². The Balaban J connectivity index is 1.44. The Kier molecular flexibility index (Phi) is 5.32. The van der Waals surface area contributed by atoms with Crippen LogP contribution < -0.4 is 4.74 Å². The molecule has 0 bridgehead atoms. The Morgan fingerprint density at radius 1 is 1.36 bits per heavy atom. The molecule has 0 radical (unpaired) electrons. The molecular formula is C18H26FNO2. The fourth-order valence-electron chi connectivity index (χ4n) is 3.74. The van der Waals surface area contributed by atoms with Gasteiger partial charge in [0.25, 0.3) is 0 Å². The summed E-state index contributed by atoms with van der Waals surface area (Å²) in [5.74, 6) is 0.782. The molecular weight excluding hydrogens is 281 g/mol. The Hall–Kier alpha value is -1.13. The molecule has 1 aromatic carbocycles. The number of methoxy groups -OCH3 is 1. The van der Waals surface area contributed by atoms with Gasteiger partial charge in [-0.3, -0.25) is 0 Å². The molecule has 2 fully saturated rings. The van der Waals surface area contributed by atoms with Crippen LogP contribution in [-0.2, 0) is 11.2 Å². The Labute approximate surface area is 132 Å². The monoisotopic (exact) mass is 307 g/mol. The van der Waals surface area contributed by atoms with Gasteiger partial charge in [0.1, 0.15) is 0 Å². The van der Waals surface area contributed by atoms with Crippen LogP contribution in [0.25, 0.3) is 0 Å². The van der Waals surface area contributed by atoms with Gasteiger partial charge in [-0.2, -0.15) is 0 Å². The lowest BCUT2D eigenvalue weighted by atomic mass is 9.88. The van der Waals surface area contributed by atoms with E-state index in [2.05, 4.69) is 4.90 Å². The van der Waals surface area contributed by atoms with E-state index in [-0.39, 0.29) is 5.82 Å². The van der Waals surface area contributed by atoms with E-state index in [1.54, 1.807) is 12.1 Å². The van der Waals surface area contributed by atoms with E-state index in [0.717, 1.165) is 44.0 Å². The minimum atomic E-state index is -0.264. The van der Waals surface area contributed by atoms with Crippen LogP contribution in [0.2, 0.25) is 0 Å². The number of halogens is 1. The molecule has 0 spiro atoms. The van der Waals surface area contributed by atoms with Crippen molar-refractivity contribution in [3.05, 3.63) is 29.6 Å². The van der Waals surface area contributed by atoms with E-state index < -0.39 is 0 Å². The molecule has 0 amide bonds. The van der Waals surface area contributed by atoms with E-state index >= 15 is 0 Å². The zero-order valence-corrected chi connectivity index (χ0v) is 13.4. The van der Waals surface area contributed by atoms with Crippen molar-refractivity contribution >= 4 is 0 Å². The highest BCUT2D eigenvalue weighted by Crippen LogP contribution is 2.28. The summed E-state index contributed by atoms with van der Waals surface area (Å²) in [6.07, 6.45) is 6.18. The third kappa shape index (κ3) is 3.79. The molecule has 0 N–H and O–H groups in total. The maximum Gasteiger partial charge on any atom is 0.165 e. The van der Waals surface area contributed by atoms with E-state index in [0.29, 0.717) is 11.9 Å². The summed E-state index contributed by atoms with van der Waals surface area (Å²) < 4.78 is 24.5. The van der Waals surface area contributed by atoms with Crippen molar-refractivity contribution in [2.24, 2.45) is 5.92 Å². The zero-order chi connectivity index (χ0) is 15.4.